The van der Waals surface area contributed by atoms with Crippen LogP contribution < -0.4 is 5.32 Å². The quantitative estimate of drug-likeness (QED) is 0.402. The minimum Gasteiger partial charge on any atom is -0.452 e. The summed E-state index contributed by atoms with van der Waals surface area (Å²) in [6.45, 7) is 2.26. The van der Waals surface area contributed by atoms with Crippen LogP contribution in [-0.4, -0.2) is 59.2 Å². The smallest absolute Gasteiger partial charge is 0.341 e. The van der Waals surface area contributed by atoms with E-state index in [4.69, 9.17) is 9.84 Å². The Labute approximate surface area is 157 Å². The molecule has 0 aliphatic carbocycles. The normalized spacial score (nSPS) is 16.7. The zero-order chi connectivity index (χ0) is 19.8. The standard InChI is InChI=1S/C18H25N3O6/c1-2-13-5-3-4-9-20(13)17(23)12-27-18(24)15-11-14(21(25)26)6-7-16(15)19-8-10-22/h6-7,11,13,19,22H,2-5,8-10,12H2,1H3. The van der Waals surface area contributed by atoms with Crippen molar-refractivity contribution in [3.05, 3.63) is 33.9 Å². The van der Waals surface area contributed by atoms with E-state index in [0.29, 0.717) is 12.2 Å². The van der Waals surface area contributed by atoms with Crippen LogP contribution in [0.15, 0.2) is 18.2 Å². The number of anilines is 1. The van der Waals surface area contributed by atoms with Gasteiger partial charge in [-0.05, 0) is 31.7 Å². The number of piperidine rings is 1. The molecule has 0 radical (unpaired) electrons. The number of hydrogen-bond acceptors (Lipinski definition) is 7. The lowest BCUT2D eigenvalue weighted by Gasteiger charge is -2.35. The van der Waals surface area contributed by atoms with E-state index in [9.17, 15) is 19.7 Å². The summed E-state index contributed by atoms with van der Waals surface area (Å²) in [5.74, 6) is -1.08. The summed E-state index contributed by atoms with van der Waals surface area (Å²) < 4.78 is 5.14. The van der Waals surface area contributed by atoms with Crippen LogP contribution in [0, 0.1) is 10.1 Å². The Bertz CT molecular complexity index is 694. The van der Waals surface area contributed by atoms with Gasteiger partial charge >= 0.3 is 5.97 Å². The molecule has 1 saturated heterocycles. The number of rotatable bonds is 8. The van der Waals surface area contributed by atoms with Gasteiger partial charge in [0.05, 0.1) is 17.1 Å². The summed E-state index contributed by atoms with van der Waals surface area (Å²) >= 11 is 0. The molecule has 148 valence electrons. The molecule has 1 atom stereocenters. The van der Waals surface area contributed by atoms with Gasteiger partial charge in [0.25, 0.3) is 11.6 Å². The molecule has 9 heteroatoms. The molecular formula is C18H25N3O6. The lowest BCUT2D eigenvalue weighted by Crippen LogP contribution is -2.45. The van der Waals surface area contributed by atoms with E-state index in [1.165, 1.54) is 12.1 Å². The van der Waals surface area contributed by atoms with Crippen LogP contribution in [0.5, 0.6) is 0 Å². The highest BCUT2D eigenvalue weighted by Crippen LogP contribution is 2.23. The number of aliphatic hydroxyl groups excluding tert-OH is 1. The molecule has 9 nitrogen and oxygen atoms in total. The lowest BCUT2D eigenvalue weighted by atomic mass is 10.00. The predicted octanol–water partition coefficient (Wildman–Crippen LogP) is 1.95. The van der Waals surface area contributed by atoms with Crippen molar-refractivity contribution >= 4 is 23.3 Å². The molecule has 1 aliphatic rings. The fraction of sp³-hybridized carbons (Fsp3) is 0.556. The van der Waals surface area contributed by atoms with Gasteiger partial charge in [0.15, 0.2) is 6.61 Å². The molecule has 0 saturated carbocycles. The van der Waals surface area contributed by atoms with E-state index < -0.39 is 17.5 Å². The number of benzene rings is 1. The van der Waals surface area contributed by atoms with Crippen molar-refractivity contribution in [1.82, 2.24) is 4.90 Å². The summed E-state index contributed by atoms with van der Waals surface area (Å²) in [5.41, 5.74) is -0.00227. The number of nitro groups is 1. The Hall–Kier alpha value is -2.68. The average Bonchev–Trinajstić information content (AvgIpc) is 2.69. The number of amides is 1. The number of nitro benzene ring substituents is 1. The van der Waals surface area contributed by atoms with E-state index in [0.717, 1.165) is 31.7 Å². The molecule has 0 spiro atoms. The van der Waals surface area contributed by atoms with Gasteiger partial charge in [0, 0.05) is 37.0 Å². The highest BCUT2D eigenvalue weighted by atomic mass is 16.6. The van der Waals surface area contributed by atoms with Crippen molar-refractivity contribution in [1.29, 1.82) is 0 Å². The van der Waals surface area contributed by atoms with Crippen molar-refractivity contribution in [2.75, 3.05) is 31.6 Å². The van der Waals surface area contributed by atoms with Crippen molar-refractivity contribution in [3.8, 4) is 0 Å². The second-order valence-corrected chi connectivity index (χ2v) is 6.36. The molecule has 1 heterocycles. The number of nitrogens with one attached hydrogen (secondary N) is 1. The summed E-state index contributed by atoms with van der Waals surface area (Å²) in [7, 11) is 0. The van der Waals surface area contributed by atoms with Crippen LogP contribution in [-0.2, 0) is 9.53 Å². The number of nitrogens with zero attached hydrogens (tertiary/aromatic N) is 2. The van der Waals surface area contributed by atoms with Crippen molar-refractivity contribution in [2.45, 2.75) is 38.6 Å². The molecule has 0 bridgehead atoms. The molecule has 1 aromatic rings. The highest BCUT2D eigenvalue weighted by molar-refractivity contribution is 5.97. The minimum atomic E-state index is -0.822. The zero-order valence-electron chi connectivity index (χ0n) is 15.3. The number of carbonyl (C=O) groups excluding carboxylic acids is 2. The van der Waals surface area contributed by atoms with Gasteiger partial charge < -0.3 is 20.1 Å². The third-order valence-corrected chi connectivity index (χ3v) is 4.61. The van der Waals surface area contributed by atoms with Gasteiger partial charge in [-0.1, -0.05) is 6.92 Å². The molecule has 1 fully saturated rings. The van der Waals surface area contributed by atoms with Crippen molar-refractivity contribution < 1.29 is 24.4 Å². The largest absolute Gasteiger partial charge is 0.452 e. The van der Waals surface area contributed by atoms with Crippen molar-refractivity contribution in [3.63, 3.8) is 0 Å². The summed E-state index contributed by atoms with van der Waals surface area (Å²) in [6.07, 6.45) is 3.79. The Morgan fingerprint density at radius 1 is 1.41 bits per heavy atom. The average molecular weight is 379 g/mol. The fourth-order valence-corrected chi connectivity index (χ4v) is 3.20. The third-order valence-electron chi connectivity index (χ3n) is 4.61. The van der Waals surface area contributed by atoms with E-state index in [-0.39, 0.29) is 36.4 Å². The predicted molar refractivity (Wildman–Crippen MR) is 98.6 cm³/mol. The van der Waals surface area contributed by atoms with Crippen molar-refractivity contribution in [2.24, 2.45) is 0 Å². The Morgan fingerprint density at radius 2 is 2.19 bits per heavy atom. The number of carbonyl (C=O) groups is 2. The van der Waals surface area contributed by atoms with Gasteiger partial charge in [0.1, 0.15) is 0 Å². The van der Waals surface area contributed by atoms with Crippen LogP contribution in [0.2, 0.25) is 0 Å². The molecule has 1 amide bonds. The van der Waals surface area contributed by atoms with E-state index in [2.05, 4.69) is 5.32 Å². The monoisotopic (exact) mass is 379 g/mol. The molecule has 2 N–H and O–H groups in total. The Morgan fingerprint density at radius 3 is 2.85 bits per heavy atom. The van der Waals surface area contributed by atoms with Crippen LogP contribution >= 0.6 is 0 Å². The van der Waals surface area contributed by atoms with Crippen LogP contribution in [0.3, 0.4) is 0 Å². The van der Waals surface area contributed by atoms with E-state index >= 15 is 0 Å². The SMILES string of the molecule is CCC1CCCCN1C(=O)COC(=O)c1cc([N+](=O)[O-])ccc1NCCO. The van der Waals surface area contributed by atoms with Gasteiger partial charge in [0.2, 0.25) is 0 Å². The summed E-state index contributed by atoms with van der Waals surface area (Å²) in [4.78, 5) is 37.0. The zero-order valence-corrected chi connectivity index (χ0v) is 15.3. The second-order valence-electron chi connectivity index (χ2n) is 6.36. The molecule has 1 aliphatic heterocycles. The van der Waals surface area contributed by atoms with Crippen LogP contribution in [0.1, 0.15) is 43.0 Å². The van der Waals surface area contributed by atoms with E-state index in [1.54, 1.807) is 4.90 Å². The maximum atomic E-state index is 12.4. The maximum absolute atomic E-state index is 12.4. The third kappa shape index (κ3) is 5.40. The van der Waals surface area contributed by atoms with Crippen LogP contribution in [0.25, 0.3) is 0 Å². The summed E-state index contributed by atoms with van der Waals surface area (Å²) in [5, 5.41) is 22.7. The molecule has 0 aromatic heterocycles. The first-order valence-electron chi connectivity index (χ1n) is 9.07. The van der Waals surface area contributed by atoms with Gasteiger partial charge in [-0.2, -0.15) is 0 Å². The van der Waals surface area contributed by atoms with Crippen LogP contribution in [0.4, 0.5) is 11.4 Å². The summed E-state index contributed by atoms with van der Waals surface area (Å²) in [6, 6.07) is 3.89. The molecular weight excluding hydrogens is 354 g/mol. The number of non-ortho nitro benzene ring substituents is 1. The number of likely N-dealkylation sites (tertiary alicyclic amines) is 1. The van der Waals surface area contributed by atoms with Gasteiger partial charge in [-0.25, -0.2) is 4.79 Å². The first kappa shape index (κ1) is 20.6. The van der Waals surface area contributed by atoms with E-state index in [1.807, 2.05) is 6.92 Å². The topological polar surface area (TPSA) is 122 Å². The van der Waals surface area contributed by atoms with Gasteiger partial charge in [-0.3, -0.25) is 14.9 Å². The lowest BCUT2D eigenvalue weighted by molar-refractivity contribution is -0.384. The van der Waals surface area contributed by atoms with Gasteiger partial charge in [-0.15, -0.1) is 0 Å². The second kappa shape index (κ2) is 9.86. The number of hydrogen-bond donors (Lipinski definition) is 2. The number of esters is 1. The molecule has 1 aromatic carbocycles. The maximum Gasteiger partial charge on any atom is 0.341 e. The number of ether oxygens (including phenoxy) is 1. The Balaban J connectivity index is 2.08. The first-order chi connectivity index (χ1) is 13.0. The first-order valence-corrected chi connectivity index (χ1v) is 9.07. The fourth-order valence-electron chi connectivity index (χ4n) is 3.20. The Kier molecular flexibility index (Phi) is 7.54. The molecule has 1 unspecified atom stereocenters. The minimum absolute atomic E-state index is 0.0452. The molecule has 2 rings (SSSR count). The number of aliphatic hydroxyl groups is 1. The molecule has 27 heavy (non-hydrogen) atoms. The highest BCUT2D eigenvalue weighted by Gasteiger charge is 2.26.